The zero-order valence-electron chi connectivity index (χ0n) is 12.9. The van der Waals surface area contributed by atoms with E-state index in [9.17, 15) is 0 Å². The van der Waals surface area contributed by atoms with Gasteiger partial charge in [-0.25, -0.2) is 0 Å². The van der Waals surface area contributed by atoms with Gasteiger partial charge in [-0.1, -0.05) is 13.8 Å². The van der Waals surface area contributed by atoms with E-state index < -0.39 is 0 Å². The summed E-state index contributed by atoms with van der Waals surface area (Å²) < 4.78 is 6.33. The van der Waals surface area contributed by atoms with Gasteiger partial charge < -0.3 is 14.5 Å². The Bertz CT molecular complexity index is 207. The van der Waals surface area contributed by atoms with E-state index in [1.807, 2.05) is 0 Å². The van der Waals surface area contributed by atoms with Crippen molar-refractivity contribution in [2.45, 2.75) is 64.6 Å². The lowest BCUT2D eigenvalue weighted by Gasteiger charge is -2.37. The molecule has 2 saturated heterocycles. The third-order valence-corrected chi connectivity index (χ3v) is 4.53. The molecule has 0 aliphatic carbocycles. The fourth-order valence-electron chi connectivity index (χ4n) is 3.44. The molecular formula is C16H32N2O. The van der Waals surface area contributed by atoms with Crippen molar-refractivity contribution in [3.63, 3.8) is 0 Å². The monoisotopic (exact) mass is 268 g/mol. The molecule has 2 rings (SSSR count). The van der Waals surface area contributed by atoms with Gasteiger partial charge in [0, 0.05) is 26.2 Å². The highest BCUT2D eigenvalue weighted by molar-refractivity contribution is 4.77. The van der Waals surface area contributed by atoms with Crippen molar-refractivity contribution in [1.29, 1.82) is 0 Å². The van der Waals surface area contributed by atoms with E-state index in [0.29, 0.717) is 12.2 Å². The van der Waals surface area contributed by atoms with Crippen LogP contribution < -0.4 is 0 Å². The van der Waals surface area contributed by atoms with Gasteiger partial charge in [0.25, 0.3) is 0 Å². The van der Waals surface area contributed by atoms with Crippen LogP contribution in [0.5, 0.6) is 0 Å². The Morgan fingerprint density at radius 2 is 1.11 bits per heavy atom. The van der Waals surface area contributed by atoms with Gasteiger partial charge in [-0.15, -0.1) is 0 Å². The summed E-state index contributed by atoms with van der Waals surface area (Å²) in [5, 5.41) is 0. The molecular weight excluding hydrogens is 236 g/mol. The SMILES string of the molecule is CCCN1CCC(OC2CCN(CCC)CC2)CC1. The van der Waals surface area contributed by atoms with Gasteiger partial charge in [0.05, 0.1) is 12.2 Å². The van der Waals surface area contributed by atoms with Crippen LogP contribution >= 0.6 is 0 Å². The summed E-state index contributed by atoms with van der Waals surface area (Å²) in [5.41, 5.74) is 0. The van der Waals surface area contributed by atoms with Crippen molar-refractivity contribution in [3.05, 3.63) is 0 Å². The molecule has 0 aromatic carbocycles. The zero-order valence-corrected chi connectivity index (χ0v) is 12.9. The predicted octanol–water partition coefficient (Wildman–Crippen LogP) is 2.75. The molecule has 2 fully saturated rings. The van der Waals surface area contributed by atoms with Crippen molar-refractivity contribution in [3.8, 4) is 0 Å². The summed E-state index contributed by atoms with van der Waals surface area (Å²) in [6.45, 7) is 12.0. The third-order valence-electron chi connectivity index (χ3n) is 4.53. The topological polar surface area (TPSA) is 15.7 Å². The van der Waals surface area contributed by atoms with Gasteiger partial charge in [-0.2, -0.15) is 0 Å². The van der Waals surface area contributed by atoms with Crippen LogP contribution in [0.2, 0.25) is 0 Å². The van der Waals surface area contributed by atoms with Crippen LogP contribution in [0.25, 0.3) is 0 Å². The molecule has 0 amide bonds. The van der Waals surface area contributed by atoms with Gasteiger partial charge in [0.1, 0.15) is 0 Å². The summed E-state index contributed by atoms with van der Waals surface area (Å²) >= 11 is 0. The molecule has 0 radical (unpaired) electrons. The Balaban J connectivity index is 1.61. The van der Waals surface area contributed by atoms with E-state index in [1.54, 1.807) is 0 Å². The van der Waals surface area contributed by atoms with Crippen molar-refractivity contribution in [2.24, 2.45) is 0 Å². The molecule has 0 bridgehead atoms. The molecule has 19 heavy (non-hydrogen) atoms. The molecule has 3 nitrogen and oxygen atoms in total. The van der Waals surface area contributed by atoms with Gasteiger partial charge in [0.2, 0.25) is 0 Å². The molecule has 2 heterocycles. The minimum atomic E-state index is 0.538. The lowest BCUT2D eigenvalue weighted by atomic mass is 10.0. The second kappa shape index (κ2) is 8.23. The highest BCUT2D eigenvalue weighted by Gasteiger charge is 2.25. The average Bonchev–Trinajstić information content (AvgIpc) is 2.44. The largest absolute Gasteiger partial charge is 0.375 e. The van der Waals surface area contributed by atoms with E-state index in [1.165, 1.54) is 77.8 Å². The summed E-state index contributed by atoms with van der Waals surface area (Å²) in [6.07, 6.45) is 8.61. The molecule has 0 unspecified atom stereocenters. The first-order valence-corrected chi connectivity index (χ1v) is 8.42. The molecule has 0 aromatic heterocycles. The molecule has 0 spiro atoms. The van der Waals surface area contributed by atoms with Gasteiger partial charge in [0.15, 0.2) is 0 Å². The van der Waals surface area contributed by atoms with Gasteiger partial charge in [-0.05, 0) is 51.6 Å². The minimum absolute atomic E-state index is 0.538. The van der Waals surface area contributed by atoms with Crippen LogP contribution in [0.1, 0.15) is 52.4 Å². The number of piperidine rings is 2. The Morgan fingerprint density at radius 3 is 1.42 bits per heavy atom. The molecule has 112 valence electrons. The number of likely N-dealkylation sites (tertiary alicyclic amines) is 2. The van der Waals surface area contributed by atoms with Crippen molar-refractivity contribution < 1.29 is 4.74 Å². The summed E-state index contributed by atoms with van der Waals surface area (Å²) in [6, 6.07) is 0. The molecule has 0 saturated carbocycles. The molecule has 0 aromatic rings. The van der Waals surface area contributed by atoms with Crippen LogP contribution in [0.4, 0.5) is 0 Å². The standard InChI is InChI=1S/C16H32N2O/c1-3-9-17-11-5-15(6-12-17)19-16-7-13-18(10-4-2)14-8-16/h15-16H,3-14H2,1-2H3. The predicted molar refractivity (Wildman–Crippen MR) is 80.6 cm³/mol. The quantitative estimate of drug-likeness (QED) is 0.737. The van der Waals surface area contributed by atoms with Gasteiger partial charge >= 0.3 is 0 Å². The van der Waals surface area contributed by atoms with E-state index >= 15 is 0 Å². The number of ether oxygens (including phenoxy) is 1. The molecule has 2 aliphatic heterocycles. The Labute approximate surface area is 119 Å². The van der Waals surface area contributed by atoms with E-state index in [0.717, 1.165) is 0 Å². The molecule has 0 N–H and O–H groups in total. The van der Waals surface area contributed by atoms with Crippen LogP contribution in [-0.4, -0.2) is 61.3 Å². The Kier molecular flexibility index (Phi) is 6.62. The Hall–Kier alpha value is -0.120. The normalized spacial score (nSPS) is 24.9. The third kappa shape index (κ3) is 5.05. The summed E-state index contributed by atoms with van der Waals surface area (Å²) in [7, 11) is 0. The smallest absolute Gasteiger partial charge is 0.0603 e. The first kappa shape index (κ1) is 15.3. The summed E-state index contributed by atoms with van der Waals surface area (Å²) in [4.78, 5) is 5.17. The van der Waals surface area contributed by atoms with E-state index in [-0.39, 0.29) is 0 Å². The highest BCUT2D eigenvalue weighted by atomic mass is 16.5. The molecule has 3 heteroatoms. The van der Waals surface area contributed by atoms with Crippen LogP contribution in [0, 0.1) is 0 Å². The maximum Gasteiger partial charge on any atom is 0.0603 e. The number of nitrogens with zero attached hydrogens (tertiary/aromatic N) is 2. The van der Waals surface area contributed by atoms with E-state index in [4.69, 9.17) is 4.74 Å². The van der Waals surface area contributed by atoms with Crippen molar-refractivity contribution in [2.75, 3.05) is 39.3 Å². The van der Waals surface area contributed by atoms with E-state index in [2.05, 4.69) is 23.6 Å². The highest BCUT2D eigenvalue weighted by Crippen LogP contribution is 2.21. The lowest BCUT2D eigenvalue weighted by molar-refractivity contribution is -0.0648. The Morgan fingerprint density at radius 1 is 0.737 bits per heavy atom. The first-order chi connectivity index (χ1) is 9.31. The average molecular weight is 268 g/mol. The maximum absolute atomic E-state index is 6.33. The lowest BCUT2D eigenvalue weighted by Crippen LogP contribution is -2.42. The van der Waals surface area contributed by atoms with Crippen molar-refractivity contribution in [1.82, 2.24) is 9.80 Å². The fraction of sp³-hybridized carbons (Fsp3) is 1.00. The van der Waals surface area contributed by atoms with Crippen LogP contribution in [0.3, 0.4) is 0 Å². The minimum Gasteiger partial charge on any atom is -0.375 e. The fourth-order valence-corrected chi connectivity index (χ4v) is 3.44. The number of hydrogen-bond donors (Lipinski definition) is 0. The van der Waals surface area contributed by atoms with Crippen LogP contribution in [-0.2, 0) is 4.74 Å². The maximum atomic E-state index is 6.33. The second-order valence-corrected chi connectivity index (χ2v) is 6.22. The molecule has 0 atom stereocenters. The zero-order chi connectivity index (χ0) is 13.5. The van der Waals surface area contributed by atoms with Crippen LogP contribution in [0.15, 0.2) is 0 Å². The molecule has 2 aliphatic rings. The second-order valence-electron chi connectivity index (χ2n) is 6.22. The summed E-state index contributed by atoms with van der Waals surface area (Å²) in [5.74, 6) is 0. The number of hydrogen-bond acceptors (Lipinski definition) is 3. The number of rotatable bonds is 6. The van der Waals surface area contributed by atoms with Gasteiger partial charge in [-0.3, -0.25) is 0 Å². The van der Waals surface area contributed by atoms with Crippen molar-refractivity contribution >= 4 is 0 Å². The first-order valence-electron chi connectivity index (χ1n) is 8.42.